The average molecular weight is 453 g/mol. The number of hydrogen-bond donors (Lipinski definition) is 2. The summed E-state index contributed by atoms with van der Waals surface area (Å²) in [6.07, 6.45) is 1.08. The van der Waals surface area contributed by atoms with E-state index in [0.717, 1.165) is 11.1 Å². The summed E-state index contributed by atoms with van der Waals surface area (Å²) in [5.41, 5.74) is 2.20. The molecule has 2 aromatic rings. The van der Waals surface area contributed by atoms with Gasteiger partial charge in [0, 0.05) is 43.6 Å². The number of urea groups is 1. The number of benzene rings is 2. The molecule has 2 heterocycles. The number of ether oxygens (including phenoxy) is 3. The molecule has 0 radical (unpaired) electrons. The molecule has 0 bridgehead atoms. The first-order chi connectivity index (χ1) is 15.9. The highest BCUT2D eigenvalue weighted by atomic mass is 16.5. The summed E-state index contributed by atoms with van der Waals surface area (Å²) >= 11 is 0. The van der Waals surface area contributed by atoms with Gasteiger partial charge in [-0.25, -0.2) is 4.79 Å². The van der Waals surface area contributed by atoms with Gasteiger partial charge < -0.3 is 29.7 Å². The quantitative estimate of drug-likeness (QED) is 0.726. The number of nitrogens with zero attached hydrogens (tertiary/aromatic N) is 2. The third-order valence-corrected chi connectivity index (χ3v) is 5.97. The number of aryl methyl sites for hydroxylation is 1. The van der Waals surface area contributed by atoms with Crippen LogP contribution in [0.25, 0.3) is 0 Å². The average Bonchev–Trinajstić information content (AvgIpc) is 3.14. The maximum absolute atomic E-state index is 12.9. The Morgan fingerprint density at radius 2 is 1.73 bits per heavy atom. The number of nitrogens with one attached hydrogen (secondary N) is 2. The molecule has 9 nitrogen and oxygen atoms in total. The minimum absolute atomic E-state index is 0.170. The normalized spacial score (nSPS) is 16.8. The van der Waals surface area contributed by atoms with Crippen molar-refractivity contribution in [2.45, 2.75) is 25.4 Å². The van der Waals surface area contributed by atoms with Crippen LogP contribution < -0.4 is 24.8 Å². The molecule has 33 heavy (non-hydrogen) atoms. The second-order valence-electron chi connectivity index (χ2n) is 8.15. The molecule has 4 rings (SSSR count). The van der Waals surface area contributed by atoms with Crippen molar-refractivity contribution in [3.63, 3.8) is 0 Å². The van der Waals surface area contributed by atoms with Crippen LogP contribution in [0, 0.1) is 6.92 Å². The van der Waals surface area contributed by atoms with Gasteiger partial charge in [0.15, 0.2) is 11.5 Å². The minimum Gasteiger partial charge on any atom is -0.493 e. The van der Waals surface area contributed by atoms with Crippen molar-refractivity contribution in [3.05, 3.63) is 47.5 Å². The van der Waals surface area contributed by atoms with Crippen LogP contribution in [0.2, 0.25) is 0 Å². The maximum Gasteiger partial charge on any atom is 0.321 e. The number of likely N-dealkylation sites (tertiary alicyclic amines) is 1. The van der Waals surface area contributed by atoms with Crippen molar-refractivity contribution < 1.29 is 23.8 Å². The largest absolute Gasteiger partial charge is 0.493 e. The summed E-state index contributed by atoms with van der Waals surface area (Å²) in [7, 11) is 4.57. The highest BCUT2D eigenvalue weighted by Crippen LogP contribution is 2.40. The van der Waals surface area contributed by atoms with E-state index in [4.69, 9.17) is 19.2 Å². The van der Waals surface area contributed by atoms with Crippen molar-refractivity contribution in [2.24, 2.45) is 4.99 Å². The van der Waals surface area contributed by atoms with E-state index in [1.807, 2.05) is 31.2 Å². The smallest absolute Gasteiger partial charge is 0.321 e. The van der Waals surface area contributed by atoms with E-state index >= 15 is 0 Å². The standard InChI is InChI=1S/C24H28N4O5/c1-15-6-5-7-16(12-15)20-22(29)27-24(26-20)8-10-28(11-9-24)23(30)25-17-13-18(31-2)21(33-4)19(14-17)32-3/h5-7,12-14H,8-11H2,1-4H3,(H,25,30)(H,27,29). The Hall–Kier alpha value is -3.75. The first-order valence-corrected chi connectivity index (χ1v) is 10.7. The van der Waals surface area contributed by atoms with Gasteiger partial charge in [-0.05, 0) is 13.0 Å². The van der Waals surface area contributed by atoms with Crippen LogP contribution in [-0.4, -0.2) is 62.6 Å². The Balaban J connectivity index is 1.44. The van der Waals surface area contributed by atoms with Crippen molar-refractivity contribution in [3.8, 4) is 17.2 Å². The summed E-state index contributed by atoms with van der Waals surface area (Å²) in [6, 6.07) is 10.9. The third-order valence-electron chi connectivity index (χ3n) is 5.97. The Bertz CT molecular complexity index is 1080. The lowest BCUT2D eigenvalue weighted by atomic mass is 9.98. The van der Waals surface area contributed by atoms with Crippen molar-refractivity contribution >= 4 is 23.3 Å². The monoisotopic (exact) mass is 452 g/mol. The molecule has 3 amide bonds. The Kier molecular flexibility index (Phi) is 6.13. The molecule has 9 heteroatoms. The van der Waals surface area contributed by atoms with Crippen LogP contribution in [0.5, 0.6) is 17.2 Å². The predicted octanol–water partition coefficient (Wildman–Crippen LogP) is 2.96. The number of methoxy groups -OCH3 is 3. The van der Waals surface area contributed by atoms with Gasteiger partial charge in [-0.2, -0.15) is 0 Å². The van der Waals surface area contributed by atoms with Gasteiger partial charge in [-0.1, -0.05) is 23.8 Å². The SMILES string of the molecule is COc1cc(NC(=O)N2CCC3(CC2)N=C(c2cccc(C)c2)C(=O)N3)cc(OC)c1OC. The molecule has 0 aliphatic carbocycles. The molecule has 2 N–H and O–H groups in total. The zero-order chi connectivity index (χ0) is 23.6. The molecular weight excluding hydrogens is 424 g/mol. The van der Waals surface area contributed by atoms with Crippen molar-refractivity contribution in [2.75, 3.05) is 39.7 Å². The molecule has 0 atom stereocenters. The van der Waals surface area contributed by atoms with Gasteiger partial charge >= 0.3 is 6.03 Å². The van der Waals surface area contributed by atoms with E-state index in [1.165, 1.54) is 21.3 Å². The lowest BCUT2D eigenvalue weighted by molar-refractivity contribution is -0.115. The number of amides is 3. The molecule has 1 spiro atoms. The lowest BCUT2D eigenvalue weighted by Crippen LogP contribution is -2.53. The Morgan fingerprint density at radius 3 is 2.30 bits per heavy atom. The number of carbonyl (C=O) groups excluding carboxylic acids is 2. The van der Waals surface area contributed by atoms with Crippen molar-refractivity contribution in [1.82, 2.24) is 10.2 Å². The fourth-order valence-electron chi connectivity index (χ4n) is 4.22. The van der Waals surface area contributed by atoms with Gasteiger partial charge in [-0.3, -0.25) is 9.79 Å². The first kappa shape index (κ1) is 22.4. The number of anilines is 1. The Labute approximate surface area is 192 Å². The van der Waals surface area contributed by atoms with E-state index in [-0.39, 0.29) is 11.9 Å². The number of piperidine rings is 1. The Morgan fingerprint density at radius 1 is 1.06 bits per heavy atom. The van der Waals surface area contributed by atoms with E-state index in [0.29, 0.717) is 54.6 Å². The minimum atomic E-state index is -0.667. The molecule has 174 valence electrons. The van der Waals surface area contributed by atoms with Gasteiger partial charge in [-0.15, -0.1) is 0 Å². The molecule has 0 saturated carbocycles. The molecule has 0 aromatic heterocycles. The lowest BCUT2D eigenvalue weighted by Gasteiger charge is -2.37. The maximum atomic E-state index is 12.9. The number of hydrogen-bond acceptors (Lipinski definition) is 6. The molecule has 0 unspecified atom stereocenters. The summed E-state index contributed by atoms with van der Waals surface area (Å²) < 4.78 is 16.0. The van der Waals surface area contributed by atoms with E-state index in [9.17, 15) is 9.59 Å². The van der Waals surface area contributed by atoms with Gasteiger partial charge in [0.2, 0.25) is 5.75 Å². The summed E-state index contributed by atoms with van der Waals surface area (Å²) in [4.78, 5) is 32.0. The fraction of sp³-hybridized carbons (Fsp3) is 0.375. The predicted molar refractivity (Wildman–Crippen MR) is 125 cm³/mol. The second-order valence-corrected chi connectivity index (χ2v) is 8.15. The number of rotatable bonds is 5. The van der Waals surface area contributed by atoms with Crippen molar-refractivity contribution in [1.29, 1.82) is 0 Å². The molecular formula is C24H28N4O5. The highest BCUT2D eigenvalue weighted by molar-refractivity contribution is 6.46. The first-order valence-electron chi connectivity index (χ1n) is 10.7. The van der Waals surface area contributed by atoms with Crippen LogP contribution in [0.15, 0.2) is 41.4 Å². The van der Waals surface area contributed by atoms with Crippen LogP contribution in [0.4, 0.5) is 10.5 Å². The van der Waals surface area contributed by atoms with Crippen LogP contribution >= 0.6 is 0 Å². The van der Waals surface area contributed by atoms with E-state index < -0.39 is 5.66 Å². The van der Waals surface area contributed by atoms with Gasteiger partial charge in [0.25, 0.3) is 5.91 Å². The molecule has 1 fully saturated rings. The van der Waals surface area contributed by atoms with E-state index in [2.05, 4.69) is 10.6 Å². The summed E-state index contributed by atoms with van der Waals surface area (Å²) in [6.45, 7) is 2.90. The zero-order valence-electron chi connectivity index (χ0n) is 19.2. The second kappa shape index (κ2) is 9.01. The highest BCUT2D eigenvalue weighted by Gasteiger charge is 2.43. The molecule has 2 aliphatic heterocycles. The van der Waals surface area contributed by atoms with Gasteiger partial charge in [0.1, 0.15) is 11.4 Å². The third kappa shape index (κ3) is 4.44. The molecule has 1 saturated heterocycles. The van der Waals surface area contributed by atoms with E-state index in [1.54, 1.807) is 17.0 Å². The van der Waals surface area contributed by atoms with Crippen LogP contribution in [-0.2, 0) is 4.79 Å². The fourth-order valence-corrected chi connectivity index (χ4v) is 4.22. The van der Waals surface area contributed by atoms with Crippen LogP contribution in [0.3, 0.4) is 0 Å². The molecule has 2 aliphatic rings. The topological polar surface area (TPSA) is 101 Å². The zero-order valence-corrected chi connectivity index (χ0v) is 19.2. The van der Waals surface area contributed by atoms with Crippen LogP contribution in [0.1, 0.15) is 24.0 Å². The van der Waals surface area contributed by atoms with Gasteiger partial charge in [0.05, 0.1) is 27.0 Å². The number of carbonyl (C=O) groups is 2. The molecule has 2 aromatic carbocycles. The summed E-state index contributed by atoms with van der Waals surface area (Å²) in [5, 5.41) is 5.93. The number of aliphatic imine (C=N–C) groups is 1. The summed E-state index contributed by atoms with van der Waals surface area (Å²) in [5.74, 6) is 1.20.